The molecule has 0 fully saturated rings. The van der Waals surface area contributed by atoms with E-state index in [1.165, 1.54) is 11.1 Å². The first-order valence-electron chi connectivity index (χ1n) is 9.59. The molecule has 5 nitrogen and oxygen atoms in total. The second kappa shape index (κ2) is 8.01. The molecule has 0 aromatic heterocycles. The fourth-order valence-electron chi connectivity index (χ4n) is 3.87. The molecule has 0 spiro atoms. The van der Waals surface area contributed by atoms with Crippen molar-refractivity contribution in [3.05, 3.63) is 59.2 Å². The summed E-state index contributed by atoms with van der Waals surface area (Å²) < 4.78 is 11.0. The number of benzene rings is 2. The van der Waals surface area contributed by atoms with Gasteiger partial charge >= 0.3 is 0 Å². The van der Waals surface area contributed by atoms with Crippen LogP contribution in [0.2, 0.25) is 0 Å². The Labute approximate surface area is 160 Å². The molecule has 1 N–H and O–H groups in total. The molecule has 0 bridgehead atoms. The first kappa shape index (κ1) is 17.9. The smallest absolute Gasteiger partial charge is 0.226 e. The fourth-order valence-corrected chi connectivity index (χ4v) is 3.87. The van der Waals surface area contributed by atoms with E-state index in [2.05, 4.69) is 34.5 Å². The zero-order chi connectivity index (χ0) is 18.6. The molecule has 27 heavy (non-hydrogen) atoms. The van der Waals surface area contributed by atoms with Crippen molar-refractivity contribution in [1.29, 1.82) is 0 Å². The van der Waals surface area contributed by atoms with E-state index in [0.29, 0.717) is 19.6 Å². The van der Waals surface area contributed by atoms with Gasteiger partial charge in [-0.05, 0) is 35.6 Å². The quantitative estimate of drug-likeness (QED) is 0.883. The highest BCUT2D eigenvalue weighted by atomic mass is 16.5. The van der Waals surface area contributed by atoms with Gasteiger partial charge in [-0.2, -0.15) is 0 Å². The molecule has 0 radical (unpaired) electrons. The summed E-state index contributed by atoms with van der Waals surface area (Å²) >= 11 is 0. The number of amides is 1. The Kier molecular flexibility index (Phi) is 5.30. The molecular weight excluding hydrogens is 340 g/mol. The topological polar surface area (TPSA) is 50.8 Å². The Morgan fingerprint density at radius 3 is 2.93 bits per heavy atom. The molecule has 2 heterocycles. The van der Waals surface area contributed by atoms with Crippen molar-refractivity contribution >= 4 is 5.91 Å². The molecule has 5 heteroatoms. The first-order valence-corrected chi connectivity index (χ1v) is 9.59. The molecule has 1 amide bonds. The zero-order valence-corrected chi connectivity index (χ0v) is 15.7. The van der Waals surface area contributed by atoms with Crippen LogP contribution in [0.15, 0.2) is 42.5 Å². The van der Waals surface area contributed by atoms with E-state index < -0.39 is 0 Å². The lowest BCUT2D eigenvalue weighted by atomic mass is 9.96. The molecule has 2 aromatic rings. The van der Waals surface area contributed by atoms with Gasteiger partial charge < -0.3 is 14.8 Å². The maximum absolute atomic E-state index is 12.5. The Balaban J connectivity index is 1.25. The van der Waals surface area contributed by atoms with Gasteiger partial charge in [0.25, 0.3) is 0 Å². The van der Waals surface area contributed by atoms with Gasteiger partial charge in [0.15, 0.2) is 0 Å². The number of fused-ring (bicyclic) bond motifs is 2. The number of carbonyl (C=O) groups excluding carboxylic acids is 1. The molecule has 1 atom stereocenters. The lowest BCUT2D eigenvalue weighted by molar-refractivity contribution is -0.126. The van der Waals surface area contributed by atoms with Crippen molar-refractivity contribution in [1.82, 2.24) is 10.2 Å². The molecular formula is C22H26N2O3. The summed E-state index contributed by atoms with van der Waals surface area (Å²) in [5, 5.41) is 3.09. The number of nitrogens with zero attached hydrogens (tertiary/aromatic N) is 1. The third kappa shape index (κ3) is 4.08. The minimum atomic E-state index is -0.132. The number of ether oxygens (including phenoxy) is 2. The minimum Gasteiger partial charge on any atom is -0.497 e. The molecule has 2 aromatic carbocycles. The Bertz CT molecular complexity index is 821. The van der Waals surface area contributed by atoms with E-state index in [9.17, 15) is 4.79 Å². The van der Waals surface area contributed by atoms with Crippen LogP contribution in [0, 0.1) is 5.92 Å². The molecule has 0 saturated heterocycles. The molecule has 0 unspecified atom stereocenters. The lowest BCUT2D eigenvalue weighted by Gasteiger charge is -2.29. The van der Waals surface area contributed by atoms with Gasteiger partial charge in [-0.3, -0.25) is 9.69 Å². The van der Waals surface area contributed by atoms with Gasteiger partial charge in [-0.15, -0.1) is 0 Å². The number of rotatable bonds is 5. The summed E-state index contributed by atoms with van der Waals surface area (Å²) in [6.07, 6.45) is 1.79. The highest BCUT2D eigenvalue weighted by Crippen LogP contribution is 2.31. The summed E-state index contributed by atoms with van der Waals surface area (Å²) in [4.78, 5) is 14.9. The highest BCUT2D eigenvalue weighted by molar-refractivity contribution is 5.79. The molecule has 2 aliphatic rings. The van der Waals surface area contributed by atoms with Crippen molar-refractivity contribution in [2.24, 2.45) is 5.92 Å². The Morgan fingerprint density at radius 1 is 1.22 bits per heavy atom. The summed E-state index contributed by atoms with van der Waals surface area (Å²) in [6, 6.07) is 14.4. The largest absolute Gasteiger partial charge is 0.497 e. The molecule has 2 aliphatic heterocycles. The van der Waals surface area contributed by atoms with Gasteiger partial charge in [0.1, 0.15) is 18.1 Å². The van der Waals surface area contributed by atoms with Crippen LogP contribution in [-0.4, -0.2) is 44.2 Å². The number of hydrogen-bond acceptors (Lipinski definition) is 4. The fraction of sp³-hybridized carbons (Fsp3) is 0.409. The van der Waals surface area contributed by atoms with E-state index >= 15 is 0 Å². The standard InChI is InChI=1S/C22H26N2O3/c1-26-20-7-6-17-12-19(15-27-21(17)13-20)22(25)23-9-11-24-10-8-16-4-2-3-5-18(16)14-24/h2-7,13,19H,8-12,14-15H2,1H3,(H,23,25)/t19-/m0/s1. The number of methoxy groups -OCH3 is 1. The predicted octanol–water partition coefficient (Wildman–Crippen LogP) is 2.42. The third-order valence-electron chi connectivity index (χ3n) is 5.49. The average Bonchev–Trinajstić information content (AvgIpc) is 2.72. The van der Waals surface area contributed by atoms with Gasteiger partial charge in [-0.1, -0.05) is 30.3 Å². The van der Waals surface area contributed by atoms with Crippen LogP contribution in [0.4, 0.5) is 0 Å². The van der Waals surface area contributed by atoms with E-state index in [1.807, 2.05) is 18.2 Å². The number of carbonyl (C=O) groups is 1. The van der Waals surface area contributed by atoms with Gasteiger partial charge in [0.05, 0.1) is 13.0 Å². The Morgan fingerprint density at radius 2 is 2.07 bits per heavy atom. The molecule has 0 aliphatic carbocycles. The van der Waals surface area contributed by atoms with Crippen LogP contribution in [0.25, 0.3) is 0 Å². The summed E-state index contributed by atoms with van der Waals surface area (Å²) in [6.45, 7) is 3.99. The second-order valence-corrected chi connectivity index (χ2v) is 7.27. The first-order chi connectivity index (χ1) is 13.2. The summed E-state index contributed by atoms with van der Waals surface area (Å²) in [5.41, 5.74) is 3.92. The highest BCUT2D eigenvalue weighted by Gasteiger charge is 2.26. The SMILES string of the molecule is COc1ccc2c(c1)OC[C@@H](C(=O)NCCN1CCc3ccccc3C1)C2. The average molecular weight is 366 g/mol. The molecule has 142 valence electrons. The van der Waals surface area contributed by atoms with Crippen molar-refractivity contribution in [3.8, 4) is 11.5 Å². The molecule has 0 saturated carbocycles. The van der Waals surface area contributed by atoms with Crippen LogP contribution in [0.5, 0.6) is 11.5 Å². The van der Waals surface area contributed by atoms with Crippen molar-refractivity contribution in [3.63, 3.8) is 0 Å². The molecule has 4 rings (SSSR count). The van der Waals surface area contributed by atoms with E-state index in [0.717, 1.165) is 43.1 Å². The van der Waals surface area contributed by atoms with E-state index in [1.54, 1.807) is 7.11 Å². The van der Waals surface area contributed by atoms with Crippen LogP contribution >= 0.6 is 0 Å². The Hall–Kier alpha value is -2.53. The minimum absolute atomic E-state index is 0.0777. The van der Waals surface area contributed by atoms with Crippen LogP contribution in [0.3, 0.4) is 0 Å². The summed E-state index contributed by atoms with van der Waals surface area (Å²) in [5.74, 6) is 1.55. The third-order valence-corrected chi connectivity index (χ3v) is 5.49. The number of nitrogens with one attached hydrogen (secondary N) is 1. The van der Waals surface area contributed by atoms with E-state index in [4.69, 9.17) is 9.47 Å². The predicted molar refractivity (Wildman–Crippen MR) is 104 cm³/mol. The number of hydrogen-bond donors (Lipinski definition) is 1. The summed E-state index contributed by atoms with van der Waals surface area (Å²) in [7, 11) is 1.64. The van der Waals surface area contributed by atoms with Crippen LogP contribution in [0.1, 0.15) is 16.7 Å². The van der Waals surface area contributed by atoms with E-state index in [-0.39, 0.29) is 11.8 Å². The lowest BCUT2D eigenvalue weighted by Crippen LogP contribution is -2.42. The van der Waals surface area contributed by atoms with Crippen molar-refractivity contribution < 1.29 is 14.3 Å². The zero-order valence-electron chi connectivity index (χ0n) is 15.7. The van der Waals surface area contributed by atoms with Crippen molar-refractivity contribution in [2.75, 3.05) is 33.4 Å². The van der Waals surface area contributed by atoms with Crippen molar-refractivity contribution in [2.45, 2.75) is 19.4 Å². The van der Waals surface area contributed by atoms with Crippen LogP contribution in [-0.2, 0) is 24.2 Å². The maximum Gasteiger partial charge on any atom is 0.226 e. The van der Waals surface area contributed by atoms with Gasteiger partial charge in [0.2, 0.25) is 5.91 Å². The monoisotopic (exact) mass is 366 g/mol. The van der Waals surface area contributed by atoms with Gasteiger partial charge in [0, 0.05) is 32.2 Å². The second-order valence-electron chi connectivity index (χ2n) is 7.27. The van der Waals surface area contributed by atoms with Crippen LogP contribution < -0.4 is 14.8 Å². The maximum atomic E-state index is 12.5. The normalized spacial score (nSPS) is 18.8. The van der Waals surface area contributed by atoms with Gasteiger partial charge in [-0.25, -0.2) is 0 Å².